The lowest BCUT2D eigenvalue weighted by Gasteiger charge is -2.17. The number of benzene rings is 2. The number of amides is 1. The van der Waals surface area contributed by atoms with Crippen molar-refractivity contribution in [1.29, 1.82) is 0 Å². The Bertz CT molecular complexity index is 699. The van der Waals surface area contributed by atoms with E-state index in [4.69, 9.17) is 0 Å². The van der Waals surface area contributed by atoms with E-state index in [1.165, 1.54) is 24.3 Å². The third-order valence-corrected chi connectivity index (χ3v) is 3.43. The number of hydrogen-bond acceptors (Lipinski definition) is 3. The number of aromatic hydroxyl groups is 1. The number of aliphatic hydroxyl groups is 1. The van der Waals surface area contributed by atoms with E-state index >= 15 is 0 Å². The number of carbonyl (C=O) groups is 1. The molecule has 1 unspecified atom stereocenters. The van der Waals surface area contributed by atoms with Gasteiger partial charge < -0.3 is 15.5 Å². The van der Waals surface area contributed by atoms with Crippen LogP contribution in [0.25, 0.3) is 0 Å². The van der Waals surface area contributed by atoms with E-state index in [0.717, 1.165) is 12.1 Å². The van der Waals surface area contributed by atoms with Gasteiger partial charge in [0.15, 0.2) is 0 Å². The van der Waals surface area contributed by atoms with E-state index in [-0.39, 0.29) is 12.2 Å². The van der Waals surface area contributed by atoms with Crippen molar-refractivity contribution in [3.05, 3.63) is 65.2 Å². The zero-order valence-electron chi connectivity index (χ0n) is 12.5. The fraction of sp³-hybridized carbons (Fsp3) is 0.235. The SMILES string of the molecule is O=C(Cc1cccc(O)c1)NC(CO)c1ccc(C(F)(F)F)cc1. The number of hydrogen-bond donors (Lipinski definition) is 3. The second kappa shape index (κ2) is 7.35. The Hall–Kier alpha value is -2.54. The van der Waals surface area contributed by atoms with Gasteiger partial charge in [-0.05, 0) is 35.4 Å². The zero-order chi connectivity index (χ0) is 17.7. The smallest absolute Gasteiger partial charge is 0.416 e. The summed E-state index contributed by atoms with van der Waals surface area (Å²) in [4.78, 5) is 12.0. The second-order valence-electron chi connectivity index (χ2n) is 5.27. The van der Waals surface area contributed by atoms with Crippen LogP contribution in [0.5, 0.6) is 5.75 Å². The number of aliphatic hydroxyl groups excluding tert-OH is 1. The standard InChI is InChI=1S/C17H16F3NO3/c18-17(19,20)13-6-4-12(5-7-13)15(10-22)21-16(24)9-11-2-1-3-14(23)8-11/h1-8,15,22-23H,9-10H2,(H,21,24). The summed E-state index contributed by atoms with van der Waals surface area (Å²) >= 11 is 0. The van der Waals surface area contributed by atoms with Gasteiger partial charge in [-0.25, -0.2) is 0 Å². The van der Waals surface area contributed by atoms with Gasteiger partial charge in [0.05, 0.1) is 24.6 Å². The lowest BCUT2D eigenvalue weighted by Crippen LogP contribution is -2.32. The molecule has 2 rings (SSSR count). The molecule has 0 aliphatic carbocycles. The van der Waals surface area contributed by atoms with E-state index in [9.17, 15) is 28.2 Å². The molecule has 3 N–H and O–H groups in total. The summed E-state index contributed by atoms with van der Waals surface area (Å²) in [6, 6.07) is 9.60. The molecule has 0 spiro atoms. The minimum Gasteiger partial charge on any atom is -0.508 e. The third-order valence-electron chi connectivity index (χ3n) is 3.43. The van der Waals surface area contributed by atoms with E-state index < -0.39 is 30.3 Å². The number of nitrogens with one attached hydrogen (secondary N) is 1. The Morgan fingerprint density at radius 2 is 1.79 bits per heavy atom. The Morgan fingerprint density at radius 3 is 2.33 bits per heavy atom. The van der Waals surface area contributed by atoms with Crippen LogP contribution < -0.4 is 5.32 Å². The topological polar surface area (TPSA) is 69.6 Å². The van der Waals surface area contributed by atoms with Gasteiger partial charge in [-0.1, -0.05) is 24.3 Å². The molecule has 0 aliphatic rings. The molecule has 0 fully saturated rings. The Balaban J connectivity index is 2.04. The average Bonchev–Trinajstić information content (AvgIpc) is 2.52. The van der Waals surface area contributed by atoms with Gasteiger partial charge in [-0.3, -0.25) is 4.79 Å². The van der Waals surface area contributed by atoms with Gasteiger partial charge in [0, 0.05) is 0 Å². The minimum absolute atomic E-state index is 0.0223. The molecular weight excluding hydrogens is 323 g/mol. The minimum atomic E-state index is -4.44. The van der Waals surface area contributed by atoms with Gasteiger partial charge in [-0.2, -0.15) is 13.2 Å². The summed E-state index contributed by atoms with van der Waals surface area (Å²) in [6.07, 6.45) is -4.46. The first-order valence-corrected chi connectivity index (χ1v) is 7.15. The highest BCUT2D eigenvalue weighted by atomic mass is 19.4. The van der Waals surface area contributed by atoms with Crippen LogP contribution in [0, 0.1) is 0 Å². The largest absolute Gasteiger partial charge is 0.508 e. The molecule has 0 saturated carbocycles. The molecule has 1 atom stereocenters. The summed E-state index contributed by atoms with van der Waals surface area (Å²) in [5.74, 6) is -0.388. The van der Waals surface area contributed by atoms with Crippen LogP contribution in [-0.4, -0.2) is 22.7 Å². The van der Waals surface area contributed by atoms with Crippen molar-refractivity contribution in [3.63, 3.8) is 0 Å². The van der Waals surface area contributed by atoms with Crippen LogP contribution in [0.4, 0.5) is 13.2 Å². The predicted octanol–water partition coefficient (Wildman–Crippen LogP) is 2.80. The molecule has 0 heterocycles. The molecule has 24 heavy (non-hydrogen) atoms. The monoisotopic (exact) mass is 339 g/mol. The lowest BCUT2D eigenvalue weighted by atomic mass is 10.0. The summed E-state index contributed by atoms with van der Waals surface area (Å²) in [6.45, 7) is -0.447. The van der Waals surface area contributed by atoms with Crippen molar-refractivity contribution in [1.82, 2.24) is 5.32 Å². The molecule has 128 valence electrons. The van der Waals surface area contributed by atoms with Crippen LogP contribution in [0.15, 0.2) is 48.5 Å². The fourth-order valence-corrected chi connectivity index (χ4v) is 2.24. The first-order valence-electron chi connectivity index (χ1n) is 7.15. The molecule has 7 heteroatoms. The highest BCUT2D eigenvalue weighted by Gasteiger charge is 2.30. The molecule has 0 aliphatic heterocycles. The van der Waals surface area contributed by atoms with Gasteiger partial charge in [0.25, 0.3) is 0 Å². The van der Waals surface area contributed by atoms with Gasteiger partial charge in [-0.15, -0.1) is 0 Å². The van der Waals surface area contributed by atoms with Crippen LogP contribution in [0.1, 0.15) is 22.7 Å². The molecular formula is C17H16F3NO3. The third kappa shape index (κ3) is 4.73. The molecule has 2 aromatic carbocycles. The van der Waals surface area contributed by atoms with Crippen LogP contribution >= 0.6 is 0 Å². The number of alkyl halides is 3. The average molecular weight is 339 g/mol. The van der Waals surface area contributed by atoms with E-state index in [0.29, 0.717) is 11.1 Å². The highest BCUT2D eigenvalue weighted by Crippen LogP contribution is 2.29. The van der Waals surface area contributed by atoms with Gasteiger partial charge >= 0.3 is 6.18 Å². The van der Waals surface area contributed by atoms with Crippen molar-refractivity contribution < 1.29 is 28.2 Å². The summed E-state index contributed by atoms with van der Waals surface area (Å²) in [7, 11) is 0. The zero-order valence-corrected chi connectivity index (χ0v) is 12.5. The molecule has 1 amide bonds. The van der Waals surface area contributed by atoms with Gasteiger partial charge in [0.1, 0.15) is 5.75 Å². The number of phenolic OH excluding ortho intramolecular Hbond substituents is 1. The van der Waals surface area contributed by atoms with Crippen molar-refractivity contribution in [2.75, 3.05) is 6.61 Å². The number of phenols is 1. The number of rotatable bonds is 5. The Labute approximate surface area is 136 Å². The van der Waals surface area contributed by atoms with E-state index in [1.54, 1.807) is 12.1 Å². The quantitative estimate of drug-likeness (QED) is 0.785. The maximum Gasteiger partial charge on any atom is 0.416 e. The van der Waals surface area contributed by atoms with E-state index in [2.05, 4.69) is 5.32 Å². The maximum absolute atomic E-state index is 12.5. The molecule has 0 bridgehead atoms. The number of halogens is 3. The summed E-state index contributed by atoms with van der Waals surface area (Å²) in [5.41, 5.74) is 0.153. The van der Waals surface area contributed by atoms with Crippen molar-refractivity contribution >= 4 is 5.91 Å². The summed E-state index contributed by atoms with van der Waals surface area (Å²) in [5, 5.41) is 21.3. The maximum atomic E-state index is 12.5. The molecule has 2 aromatic rings. The van der Waals surface area contributed by atoms with Gasteiger partial charge in [0.2, 0.25) is 5.91 Å². The van der Waals surface area contributed by atoms with Crippen molar-refractivity contribution in [2.24, 2.45) is 0 Å². The van der Waals surface area contributed by atoms with Crippen LogP contribution in [0.2, 0.25) is 0 Å². The molecule has 0 aromatic heterocycles. The first kappa shape index (κ1) is 17.8. The Morgan fingerprint density at radius 1 is 1.12 bits per heavy atom. The Kier molecular flexibility index (Phi) is 5.46. The second-order valence-corrected chi connectivity index (χ2v) is 5.27. The summed E-state index contributed by atoms with van der Waals surface area (Å²) < 4.78 is 37.6. The number of carbonyl (C=O) groups excluding carboxylic acids is 1. The molecule has 4 nitrogen and oxygen atoms in total. The normalized spacial score (nSPS) is 12.7. The van der Waals surface area contributed by atoms with E-state index in [1.807, 2.05) is 0 Å². The molecule has 0 radical (unpaired) electrons. The van der Waals surface area contributed by atoms with Crippen molar-refractivity contribution in [3.8, 4) is 5.75 Å². The van der Waals surface area contributed by atoms with Crippen molar-refractivity contribution in [2.45, 2.75) is 18.6 Å². The first-order chi connectivity index (χ1) is 11.3. The fourth-order valence-electron chi connectivity index (χ4n) is 2.24. The lowest BCUT2D eigenvalue weighted by molar-refractivity contribution is -0.137. The highest BCUT2D eigenvalue weighted by molar-refractivity contribution is 5.79. The van der Waals surface area contributed by atoms with Crippen LogP contribution in [0.3, 0.4) is 0 Å². The molecule has 0 saturated heterocycles. The van der Waals surface area contributed by atoms with Crippen LogP contribution in [-0.2, 0) is 17.4 Å². The predicted molar refractivity (Wildman–Crippen MR) is 81.2 cm³/mol.